The first-order chi connectivity index (χ1) is 19.4. The molecule has 2 fully saturated rings. The lowest BCUT2D eigenvalue weighted by atomic mass is 9.73. The van der Waals surface area contributed by atoms with Gasteiger partial charge >= 0.3 is 11.9 Å². The molecule has 0 unspecified atom stereocenters. The summed E-state index contributed by atoms with van der Waals surface area (Å²) in [6, 6.07) is 22.2. The zero-order valence-corrected chi connectivity index (χ0v) is 21.9. The van der Waals surface area contributed by atoms with E-state index in [2.05, 4.69) is 22.2 Å². The quantitative estimate of drug-likeness (QED) is 0.350. The van der Waals surface area contributed by atoms with Gasteiger partial charge in [-0.3, -0.25) is 19.3 Å². The Bertz CT molecular complexity index is 1450. The summed E-state index contributed by atoms with van der Waals surface area (Å²) in [7, 11) is 1.27. The van der Waals surface area contributed by atoms with Gasteiger partial charge in [-0.15, -0.1) is 0 Å². The molecule has 9 heteroatoms. The minimum Gasteiger partial charge on any atom is -0.465 e. The van der Waals surface area contributed by atoms with E-state index in [0.29, 0.717) is 29.8 Å². The van der Waals surface area contributed by atoms with Gasteiger partial charge in [0.05, 0.1) is 35.8 Å². The van der Waals surface area contributed by atoms with Crippen molar-refractivity contribution in [2.24, 2.45) is 11.8 Å². The Kier molecular flexibility index (Phi) is 7.72. The van der Waals surface area contributed by atoms with Gasteiger partial charge in [0.25, 0.3) is 5.91 Å². The van der Waals surface area contributed by atoms with Gasteiger partial charge in [-0.05, 0) is 73.2 Å². The number of fused-ring (bicyclic) bond motifs is 1. The molecule has 1 N–H and O–H groups in total. The number of amides is 3. The van der Waals surface area contributed by atoms with Crippen molar-refractivity contribution in [3.63, 3.8) is 0 Å². The molecule has 0 aromatic heterocycles. The largest absolute Gasteiger partial charge is 0.465 e. The van der Waals surface area contributed by atoms with Gasteiger partial charge in [0, 0.05) is 5.69 Å². The Labute approximate surface area is 231 Å². The predicted molar refractivity (Wildman–Crippen MR) is 146 cm³/mol. The molecular weight excluding hydrogens is 512 g/mol. The number of methoxy groups -OCH3 is 1. The van der Waals surface area contributed by atoms with Gasteiger partial charge in [0.1, 0.15) is 0 Å². The number of imide groups is 1. The molecular formula is C31H28N2O7. The van der Waals surface area contributed by atoms with Crippen LogP contribution in [-0.4, -0.2) is 43.4 Å². The first-order valence-electron chi connectivity index (χ1n) is 13.0. The summed E-state index contributed by atoms with van der Waals surface area (Å²) in [4.78, 5) is 64.3. The summed E-state index contributed by atoms with van der Waals surface area (Å²) in [6.45, 7) is -0.547. The number of nitrogens with zero attached hydrogens (tertiary/aromatic N) is 1. The Morgan fingerprint density at radius 2 is 1.55 bits per heavy atom. The molecule has 0 bridgehead atoms. The minimum atomic E-state index is -0.765. The van der Waals surface area contributed by atoms with Crippen molar-refractivity contribution < 1.29 is 33.4 Å². The van der Waals surface area contributed by atoms with Crippen molar-refractivity contribution in [3.8, 4) is 0 Å². The summed E-state index contributed by atoms with van der Waals surface area (Å²) < 4.78 is 9.80. The highest BCUT2D eigenvalue weighted by Crippen LogP contribution is 2.45. The summed E-state index contributed by atoms with van der Waals surface area (Å²) in [5.41, 5.74) is 2.34. The van der Waals surface area contributed by atoms with Crippen LogP contribution in [0.15, 0.2) is 78.9 Å². The number of carbonyl (C=O) groups is 5. The summed E-state index contributed by atoms with van der Waals surface area (Å²) in [6.07, 6.45) is 2.08. The zero-order chi connectivity index (χ0) is 28.2. The van der Waals surface area contributed by atoms with Gasteiger partial charge in [-0.25, -0.2) is 9.59 Å². The third-order valence-electron chi connectivity index (χ3n) is 7.46. The van der Waals surface area contributed by atoms with Gasteiger partial charge in [-0.1, -0.05) is 36.4 Å². The van der Waals surface area contributed by atoms with Crippen molar-refractivity contribution >= 4 is 41.0 Å². The molecule has 1 saturated carbocycles. The van der Waals surface area contributed by atoms with E-state index in [-0.39, 0.29) is 29.2 Å². The maximum Gasteiger partial charge on any atom is 0.338 e. The molecule has 3 amide bonds. The van der Waals surface area contributed by atoms with Crippen LogP contribution >= 0.6 is 0 Å². The van der Waals surface area contributed by atoms with Crippen molar-refractivity contribution in [3.05, 3.63) is 95.6 Å². The van der Waals surface area contributed by atoms with Crippen LogP contribution in [0.25, 0.3) is 0 Å². The fraction of sp³-hybridized carbons (Fsp3) is 0.258. The number of ether oxygens (including phenoxy) is 2. The SMILES string of the molecule is COC(=O)c1ccc(NC(=O)COC(=O)c2cccc(N3C(=O)[C@H]4C[C@H](c5ccccc5)CC[C@H]4C3=O)c2)cc1. The van der Waals surface area contributed by atoms with Crippen molar-refractivity contribution in [2.75, 3.05) is 23.9 Å². The molecule has 2 aliphatic rings. The lowest BCUT2D eigenvalue weighted by Crippen LogP contribution is -2.31. The third kappa shape index (κ3) is 5.49. The van der Waals surface area contributed by atoms with E-state index in [1.165, 1.54) is 54.0 Å². The van der Waals surface area contributed by atoms with Crippen molar-refractivity contribution in [2.45, 2.75) is 25.2 Å². The van der Waals surface area contributed by atoms with E-state index < -0.39 is 30.4 Å². The fourth-order valence-electron chi connectivity index (χ4n) is 5.45. The van der Waals surface area contributed by atoms with E-state index in [1.54, 1.807) is 12.1 Å². The molecule has 5 rings (SSSR count). The summed E-state index contributed by atoms with van der Waals surface area (Å²) in [5.74, 6) is -2.88. The van der Waals surface area contributed by atoms with E-state index in [4.69, 9.17) is 4.74 Å². The molecule has 40 heavy (non-hydrogen) atoms. The molecule has 1 saturated heterocycles. The smallest absolute Gasteiger partial charge is 0.338 e. The average Bonchev–Trinajstić information content (AvgIpc) is 3.25. The Morgan fingerprint density at radius 1 is 0.825 bits per heavy atom. The molecule has 1 aliphatic heterocycles. The average molecular weight is 541 g/mol. The first-order valence-corrected chi connectivity index (χ1v) is 13.0. The molecule has 9 nitrogen and oxygen atoms in total. The number of anilines is 2. The van der Waals surface area contributed by atoms with Crippen molar-refractivity contribution in [1.82, 2.24) is 0 Å². The van der Waals surface area contributed by atoms with Crippen molar-refractivity contribution in [1.29, 1.82) is 0 Å². The van der Waals surface area contributed by atoms with Crippen LogP contribution in [0, 0.1) is 11.8 Å². The topological polar surface area (TPSA) is 119 Å². The second-order valence-electron chi connectivity index (χ2n) is 9.89. The van der Waals surface area contributed by atoms with Crippen LogP contribution in [0.2, 0.25) is 0 Å². The number of benzene rings is 3. The Hall–Kier alpha value is -4.79. The normalized spacial score (nSPS) is 20.0. The van der Waals surface area contributed by atoms with Crippen LogP contribution in [0.5, 0.6) is 0 Å². The van der Waals surface area contributed by atoms with Gasteiger partial charge in [-0.2, -0.15) is 0 Å². The van der Waals surface area contributed by atoms with E-state index >= 15 is 0 Å². The number of hydrogen-bond acceptors (Lipinski definition) is 7. The fourth-order valence-corrected chi connectivity index (χ4v) is 5.45. The van der Waals surface area contributed by atoms with E-state index in [9.17, 15) is 24.0 Å². The molecule has 1 heterocycles. The molecule has 1 aliphatic carbocycles. The van der Waals surface area contributed by atoms with E-state index in [0.717, 1.165) is 6.42 Å². The second-order valence-corrected chi connectivity index (χ2v) is 9.89. The highest BCUT2D eigenvalue weighted by atomic mass is 16.5. The van der Waals surface area contributed by atoms with Crippen LogP contribution in [0.4, 0.5) is 11.4 Å². The van der Waals surface area contributed by atoms with Gasteiger partial charge in [0.15, 0.2) is 6.61 Å². The Morgan fingerprint density at radius 3 is 2.27 bits per heavy atom. The van der Waals surface area contributed by atoms with Crippen LogP contribution < -0.4 is 10.2 Å². The third-order valence-corrected chi connectivity index (χ3v) is 7.46. The molecule has 3 atom stereocenters. The molecule has 0 radical (unpaired) electrons. The predicted octanol–water partition coefficient (Wildman–Crippen LogP) is 4.34. The number of hydrogen-bond donors (Lipinski definition) is 1. The lowest BCUT2D eigenvalue weighted by Gasteiger charge is -2.28. The van der Waals surface area contributed by atoms with E-state index in [1.807, 2.05) is 18.2 Å². The molecule has 204 valence electrons. The first kappa shape index (κ1) is 26.8. The van der Waals surface area contributed by atoms with Gasteiger partial charge < -0.3 is 14.8 Å². The second kappa shape index (κ2) is 11.5. The molecule has 0 spiro atoms. The summed E-state index contributed by atoms with van der Waals surface area (Å²) >= 11 is 0. The standard InChI is InChI=1S/C31H28N2O7/c1-39-30(37)20-10-13-23(14-11-20)32-27(34)18-40-31(38)22-8-5-9-24(16-22)33-28(35)25-15-12-21(17-26(25)29(33)36)19-6-3-2-4-7-19/h2-11,13-14,16,21,25-26H,12,15,17-18H2,1H3,(H,32,34)/t21-,25-,26+/m1/s1. The number of rotatable bonds is 7. The minimum absolute atomic E-state index is 0.116. The highest BCUT2D eigenvalue weighted by Gasteiger charge is 2.50. The van der Waals surface area contributed by atoms with Crippen LogP contribution in [0.1, 0.15) is 51.5 Å². The van der Waals surface area contributed by atoms with Crippen LogP contribution in [-0.2, 0) is 23.9 Å². The molecule has 3 aromatic carbocycles. The Balaban J connectivity index is 1.21. The summed E-state index contributed by atoms with van der Waals surface area (Å²) in [5, 5.41) is 2.58. The number of esters is 2. The van der Waals surface area contributed by atoms with Gasteiger partial charge in [0.2, 0.25) is 11.8 Å². The monoisotopic (exact) mass is 540 g/mol. The number of nitrogens with one attached hydrogen (secondary N) is 1. The zero-order valence-electron chi connectivity index (χ0n) is 21.9. The maximum absolute atomic E-state index is 13.4. The highest BCUT2D eigenvalue weighted by molar-refractivity contribution is 6.22. The lowest BCUT2D eigenvalue weighted by molar-refractivity contribution is -0.122. The number of carbonyl (C=O) groups excluding carboxylic acids is 5. The maximum atomic E-state index is 13.4. The molecule has 3 aromatic rings. The van der Waals surface area contributed by atoms with Crippen LogP contribution in [0.3, 0.4) is 0 Å².